The van der Waals surface area contributed by atoms with Crippen molar-refractivity contribution in [2.24, 2.45) is 0 Å². The van der Waals surface area contributed by atoms with Gasteiger partial charge in [-0.05, 0) is 24.3 Å². The molecule has 0 amide bonds. The number of nitrogens with one attached hydrogen (secondary N) is 2. The first-order valence-electron chi connectivity index (χ1n) is 7.45. The summed E-state index contributed by atoms with van der Waals surface area (Å²) in [6.45, 7) is -0.780. The molecule has 1 aromatic heterocycles. The summed E-state index contributed by atoms with van der Waals surface area (Å²) >= 11 is 0. The normalized spacial score (nSPS) is 11.5. The van der Waals surface area contributed by atoms with Crippen molar-refractivity contribution in [2.45, 2.75) is 4.90 Å². The third-order valence-electron chi connectivity index (χ3n) is 3.63. The van der Waals surface area contributed by atoms with Gasteiger partial charge in [-0.3, -0.25) is 4.79 Å². The zero-order chi connectivity index (χ0) is 18.7. The molecule has 0 aliphatic heterocycles. The van der Waals surface area contributed by atoms with Crippen LogP contribution in [0.5, 0.6) is 0 Å². The van der Waals surface area contributed by atoms with Gasteiger partial charge in [-0.1, -0.05) is 18.2 Å². The summed E-state index contributed by atoms with van der Waals surface area (Å²) in [6.07, 6.45) is 2.64. The predicted octanol–water partition coefficient (Wildman–Crippen LogP) is 2.52. The molecule has 0 bridgehead atoms. The highest BCUT2D eigenvalue weighted by molar-refractivity contribution is 7.89. The van der Waals surface area contributed by atoms with Crippen LogP contribution in [0.2, 0.25) is 0 Å². The van der Waals surface area contributed by atoms with Crippen molar-refractivity contribution < 1.29 is 22.0 Å². The molecular weight excluding hydrogens is 364 g/mol. The Morgan fingerprint density at radius 1 is 1.12 bits per heavy atom. The second-order valence-corrected chi connectivity index (χ2v) is 7.08. The van der Waals surface area contributed by atoms with E-state index in [0.29, 0.717) is 0 Å². The van der Waals surface area contributed by atoms with E-state index in [2.05, 4.69) is 14.7 Å². The summed E-state index contributed by atoms with van der Waals surface area (Å²) in [4.78, 5) is 18.6. The molecule has 0 saturated carbocycles. The average Bonchev–Trinajstić information content (AvgIpc) is 3.15. The highest BCUT2D eigenvalue weighted by Crippen LogP contribution is 2.25. The van der Waals surface area contributed by atoms with E-state index in [1.807, 2.05) is 0 Å². The molecule has 26 heavy (non-hydrogen) atoms. The van der Waals surface area contributed by atoms with Gasteiger partial charge in [0.2, 0.25) is 10.0 Å². The molecule has 2 N–H and O–H groups in total. The largest absolute Gasteiger partial charge is 0.345 e. The highest BCUT2D eigenvalue weighted by atomic mass is 32.2. The van der Waals surface area contributed by atoms with Crippen LogP contribution in [0.1, 0.15) is 10.4 Å². The summed E-state index contributed by atoms with van der Waals surface area (Å²) in [5.74, 6) is -3.19. The van der Waals surface area contributed by atoms with E-state index in [-0.39, 0.29) is 16.2 Å². The van der Waals surface area contributed by atoms with Crippen molar-refractivity contribution in [3.8, 4) is 11.3 Å². The SMILES string of the molecule is O=C(CNS(=O)(=O)c1ccccc1)c1c(F)ccc(-c2cnc[nH]2)c1F. The van der Waals surface area contributed by atoms with Gasteiger partial charge in [0.1, 0.15) is 11.6 Å². The zero-order valence-corrected chi connectivity index (χ0v) is 14.1. The lowest BCUT2D eigenvalue weighted by atomic mass is 10.0. The van der Waals surface area contributed by atoms with E-state index >= 15 is 0 Å². The molecule has 134 valence electrons. The van der Waals surface area contributed by atoms with E-state index in [1.54, 1.807) is 6.07 Å². The number of hydrogen-bond donors (Lipinski definition) is 2. The molecule has 3 rings (SSSR count). The number of sulfonamides is 1. The van der Waals surface area contributed by atoms with Crippen LogP contribution >= 0.6 is 0 Å². The van der Waals surface area contributed by atoms with Gasteiger partial charge in [0.15, 0.2) is 5.78 Å². The Balaban J connectivity index is 1.86. The Kier molecular flexibility index (Phi) is 4.92. The lowest BCUT2D eigenvalue weighted by Gasteiger charge is -2.09. The smallest absolute Gasteiger partial charge is 0.240 e. The van der Waals surface area contributed by atoms with Gasteiger partial charge in [-0.15, -0.1) is 0 Å². The molecule has 0 aliphatic carbocycles. The second kappa shape index (κ2) is 7.14. The van der Waals surface area contributed by atoms with Gasteiger partial charge in [0, 0.05) is 5.56 Å². The third-order valence-corrected chi connectivity index (χ3v) is 5.05. The minimum atomic E-state index is -3.97. The van der Waals surface area contributed by atoms with Crippen LogP contribution in [0.4, 0.5) is 8.78 Å². The number of Topliss-reactive ketones (excluding diaryl/α,β-unsaturated/α-hetero) is 1. The number of H-pyrrole nitrogens is 1. The van der Waals surface area contributed by atoms with Crippen molar-refractivity contribution in [3.63, 3.8) is 0 Å². The summed E-state index contributed by atoms with van der Waals surface area (Å²) in [7, 11) is -3.97. The molecule has 0 spiro atoms. The highest BCUT2D eigenvalue weighted by Gasteiger charge is 2.23. The van der Waals surface area contributed by atoms with E-state index in [4.69, 9.17) is 0 Å². The van der Waals surface area contributed by atoms with Crippen LogP contribution < -0.4 is 4.72 Å². The quantitative estimate of drug-likeness (QED) is 0.646. The lowest BCUT2D eigenvalue weighted by molar-refractivity contribution is 0.0989. The van der Waals surface area contributed by atoms with Crippen molar-refractivity contribution in [3.05, 3.63) is 72.2 Å². The van der Waals surface area contributed by atoms with Gasteiger partial charge < -0.3 is 4.98 Å². The van der Waals surface area contributed by atoms with Crippen LogP contribution in [-0.2, 0) is 10.0 Å². The standard InChI is InChI=1S/C17H13F2N3O3S/c18-13-7-6-12(14-8-20-10-21-14)17(19)16(13)15(23)9-22-26(24,25)11-4-2-1-3-5-11/h1-8,10,22H,9H2,(H,20,21). The van der Waals surface area contributed by atoms with E-state index in [9.17, 15) is 22.0 Å². The van der Waals surface area contributed by atoms with Crippen molar-refractivity contribution in [2.75, 3.05) is 6.54 Å². The number of ketones is 1. The molecular formula is C17H13F2N3O3S. The summed E-state index contributed by atoms with van der Waals surface area (Å²) < 4.78 is 54.9. The van der Waals surface area contributed by atoms with E-state index in [1.165, 1.54) is 42.9 Å². The van der Waals surface area contributed by atoms with Crippen LogP contribution in [0.25, 0.3) is 11.3 Å². The molecule has 9 heteroatoms. The molecule has 2 aromatic carbocycles. The monoisotopic (exact) mass is 377 g/mol. The predicted molar refractivity (Wildman–Crippen MR) is 89.9 cm³/mol. The Bertz CT molecular complexity index is 1040. The maximum atomic E-state index is 14.6. The average molecular weight is 377 g/mol. The van der Waals surface area contributed by atoms with Gasteiger partial charge in [0.25, 0.3) is 0 Å². The molecule has 0 atom stereocenters. The maximum absolute atomic E-state index is 14.6. The van der Waals surface area contributed by atoms with Crippen molar-refractivity contribution >= 4 is 15.8 Å². The molecule has 0 saturated heterocycles. The first-order valence-corrected chi connectivity index (χ1v) is 8.93. The number of aromatic nitrogens is 2. The Hall–Kier alpha value is -2.91. The first-order chi connectivity index (χ1) is 12.4. The number of carbonyl (C=O) groups excluding carboxylic acids is 1. The molecule has 0 radical (unpaired) electrons. The fourth-order valence-corrected chi connectivity index (χ4v) is 3.35. The number of nitrogens with zero attached hydrogens (tertiary/aromatic N) is 1. The fraction of sp³-hybridized carbons (Fsp3) is 0.0588. The van der Waals surface area contributed by atoms with E-state index in [0.717, 1.165) is 6.07 Å². The van der Waals surface area contributed by atoms with Crippen LogP contribution in [0.15, 0.2) is 59.9 Å². The van der Waals surface area contributed by atoms with Crippen molar-refractivity contribution in [1.29, 1.82) is 0 Å². The topological polar surface area (TPSA) is 91.9 Å². The molecule has 0 aliphatic rings. The Morgan fingerprint density at radius 2 is 1.85 bits per heavy atom. The van der Waals surface area contributed by atoms with Crippen LogP contribution in [0, 0.1) is 11.6 Å². The maximum Gasteiger partial charge on any atom is 0.240 e. The Labute approximate surface area is 148 Å². The number of hydrogen-bond acceptors (Lipinski definition) is 4. The number of imidazole rings is 1. The van der Waals surface area contributed by atoms with Gasteiger partial charge in [-0.25, -0.2) is 26.9 Å². The molecule has 6 nitrogen and oxygen atoms in total. The van der Waals surface area contributed by atoms with Gasteiger partial charge >= 0.3 is 0 Å². The number of halogens is 2. The molecule has 3 aromatic rings. The number of aromatic amines is 1. The van der Waals surface area contributed by atoms with Crippen LogP contribution in [-0.4, -0.2) is 30.7 Å². The number of benzene rings is 2. The minimum Gasteiger partial charge on any atom is -0.345 e. The molecule has 1 heterocycles. The molecule has 0 fully saturated rings. The Morgan fingerprint density at radius 3 is 2.50 bits per heavy atom. The van der Waals surface area contributed by atoms with Gasteiger partial charge in [0.05, 0.1) is 35.2 Å². The lowest BCUT2D eigenvalue weighted by Crippen LogP contribution is -2.30. The summed E-state index contributed by atoms with van der Waals surface area (Å²) in [6, 6.07) is 9.46. The molecule has 0 unspecified atom stereocenters. The third kappa shape index (κ3) is 3.53. The van der Waals surface area contributed by atoms with Gasteiger partial charge in [-0.2, -0.15) is 0 Å². The minimum absolute atomic E-state index is 0.0434. The van der Waals surface area contributed by atoms with E-state index < -0.39 is 39.5 Å². The fourth-order valence-electron chi connectivity index (χ4n) is 2.35. The summed E-state index contributed by atoms with van der Waals surface area (Å²) in [5.41, 5.74) is -0.590. The van der Waals surface area contributed by atoms with Crippen LogP contribution in [0.3, 0.4) is 0 Å². The number of rotatable bonds is 6. The zero-order valence-electron chi connectivity index (χ0n) is 13.2. The first kappa shape index (κ1) is 17.9. The number of carbonyl (C=O) groups is 1. The summed E-state index contributed by atoms with van der Waals surface area (Å²) in [5, 5.41) is 0. The second-order valence-electron chi connectivity index (χ2n) is 5.31. The van der Waals surface area contributed by atoms with Crippen molar-refractivity contribution in [1.82, 2.24) is 14.7 Å².